The minimum atomic E-state index is 0.449. The van der Waals surface area contributed by atoms with Crippen LogP contribution in [0.25, 0.3) is 0 Å². The van der Waals surface area contributed by atoms with Gasteiger partial charge in [0.05, 0.1) is 0 Å². The van der Waals surface area contributed by atoms with E-state index in [1.807, 2.05) is 86.8 Å². The van der Waals surface area contributed by atoms with Crippen LogP contribution in [0.3, 0.4) is 0 Å². The maximum absolute atomic E-state index is 7.04. The van der Waals surface area contributed by atoms with Gasteiger partial charge in [0.1, 0.15) is 0 Å². The highest BCUT2D eigenvalue weighted by atomic mass is 16.1. The first kappa shape index (κ1) is 17.1. The average Bonchev–Trinajstić information content (AvgIpc) is 2.61. The molecular formula is C23H21O+. The Labute approximate surface area is 146 Å². The largest absolute Gasteiger partial charge is 0.686 e. The van der Waals surface area contributed by atoms with Crippen molar-refractivity contribution in [2.45, 2.75) is 13.8 Å². The van der Waals surface area contributed by atoms with Gasteiger partial charge < -0.3 is 0 Å². The Bertz CT molecular complexity index is 762. The first-order chi connectivity index (χ1) is 12.2. The van der Waals surface area contributed by atoms with E-state index in [1.165, 1.54) is 0 Å². The van der Waals surface area contributed by atoms with Gasteiger partial charge in [-0.1, -0.05) is 84.8 Å². The Hall–Kier alpha value is -3.29. The zero-order valence-electron chi connectivity index (χ0n) is 15.0. The summed E-state index contributed by atoms with van der Waals surface area (Å²) in [5, 5.41) is 0. The van der Waals surface area contributed by atoms with Gasteiger partial charge in [-0.3, -0.25) is 4.80 Å². The molecule has 0 heterocycles. The number of allylic oxidation sites excluding steroid dienone is 16. The van der Waals surface area contributed by atoms with E-state index in [2.05, 4.69) is 28.5 Å². The van der Waals surface area contributed by atoms with Gasteiger partial charge in [-0.15, -0.1) is 0 Å². The molecule has 118 valence electrons. The van der Waals surface area contributed by atoms with E-state index < -0.39 is 0 Å². The van der Waals surface area contributed by atoms with Crippen LogP contribution < -0.4 is 0 Å². The van der Waals surface area contributed by atoms with Crippen LogP contribution >= 0.6 is 0 Å². The van der Waals surface area contributed by atoms with Crippen LogP contribution in [0.5, 0.6) is 0 Å². The first-order valence-corrected chi connectivity index (χ1v) is 7.61. The zero-order chi connectivity index (χ0) is 18.2. The molecule has 1 aliphatic carbocycles. The van der Waals surface area contributed by atoms with Crippen LogP contribution in [0, 0.1) is 23.7 Å². The summed E-state index contributed by atoms with van der Waals surface area (Å²) in [4.78, 5) is 4.54. The van der Waals surface area contributed by atoms with Crippen molar-refractivity contribution in [3.63, 3.8) is 0 Å². The summed E-state index contributed by atoms with van der Waals surface area (Å²) in [5.74, 6) is 12.1. The summed E-state index contributed by atoms with van der Waals surface area (Å²) in [6.07, 6.45) is 26.0. The molecule has 1 N–H and O–H groups in total. The molecule has 0 saturated heterocycles. The second kappa shape index (κ2) is 12.3. The van der Waals surface area contributed by atoms with Crippen molar-refractivity contribution in [2.24, 2.45) is 0 Å². The van der Waals surface area contributed by atoms with Crippen LogP contribution in [0.15, 0.2) is 96.2 Å². The SMILES string of the molecule is [2H][O+]=C1/C=C/C=C/C=C/C=C(/C)C#CC#C\C(C)=C/C=C/C=C/C=C/1. The third-order valence-electron chi connectivity index (χ3n) is 2.68. The van der Waals surface area contributed by atoms with Gasteiger partial charge in [0.2, 0.25) is 0 Å². The van der Waals surface area contributed by atoms with E-state index in [0.717, 1.165) is 11.1 Å². The molecule has 0 unspecified atom stereocenters. The van der Waals surface area contributed by atoms with Gasteiger partial charge in [-0.05, 0) is 36.8 Å². The van der Waals surface area contributed by atoms with Gasteiger partial charge in [-0.2, -0.15) is 0 Å². The molecule has 0 amide bonds. The molecule has 0 aliphatic heterocycles. The Balaban J connectivity index is 3.03. The molecule has 1 aliphatic rings. The summed E-state index contributed by atoms with van der Waals surface area (Å²) < 4.78 is 7.04. The molecule has 1 heteroatoms. The number of hydrogen-bond donors (Lipinski definition) is 0. The predicted octanol–water partition coefficient (Wildman–Crippen LogP) is 4.78. The standard InChI is InChI=1S/C23H20O/c1-21-15-9-5-3-7-11-19-23(24)20-12-8-4-6-10-16-22(2)18-14-13-17-21/h3-12,15-16,19-20H,1-2H3/p+1/b7-3+,8-4+,9-5+,10-6+,19-11+,20-12+,21-15-,22-16-/i/hD. The minimum Gasteiger partial charge on any atom is -0.274 e. The lowest BCUT2D eigenvalue weighted by Gasteiger charge is -1.82. The van der Waals surface area contributed by atoms with Crippen LogP contribution in [0.4, 0.5) is 0 Å². The molecule has 24 heavy (non-hydrogen) atoms. The Kier molecular flexibility index (Phi) is 8.73. The van der Waals surface area contributed by atoms with Crippen molar-refractivity contribution < 1.29 is 6.23 Å². The molecule has 0 aromatic carbocycles. The summed E-state index contributed by atoms with van der Waals surface area (Å²) >= 11 is 0. The fraction of sp³-hybridized carbons (Fsp3) is 0.0870. The Morgan fingerprint density at radius 1 is 0.667 bits per heavy atom. The molecule has 1 nitrogen and oxygen atoms in total. The Morgan fingerprint density at radius 2 is 1.08 bits per heavy atom. The van der Waals surface area contributed by atoms with Crippen LogP contribution in [-0.2, 0) is 0 Å². The van der Waals surface area contributed by atoms with E-state index in [0.29, 0.717) is 5.78 Å². The number of hydrogen-bond acceptors (Lipinski definition) is 0. The maximum Gasteiger partial charge on any atom is 0.686 e. The van der Waals surface area contributed by atoms with Gasteiger partial charge in [0.25, 0.3) is 0 Å². The van der Waals surface area contributed by atoms with E-state index in [4.69, 9.17) is 1.43 Å². The molecule has 0 fully saturated rings. The molecule has 0 saturated carbocycles. The van der Waals surface area contributed by atoms with Crippen LogP contribution in [-0.4, -0.2) is 10.6 Å². The topological polar surface area (TPSA) is 21.4 Å². The molecule has 0 aromatic rings. The first-order valence-electron chi connectivity index (χ1n) is 8.02. The number of ketones is 1. The lowest BCUT2D eigenvalue weighted by molar-refractivity contribution is 0.684. The van der Waals surface area contributed by atoms with Gasteiger partial charge in [-0.25, -0.2) is 0 Å². The van der Waals surface area contributed by atoms with Crippen molar-refractivity contribution in [3.05, 3.63) is 96.2 Å². The Morgan fingerprint density at radius 3 is 1.54 bits per heavy atom. The quantitative estimate of drug-likeness (QED) is 0.453. The van der Waals surface area contributed by atoms with Crippen molar-refractivity contribution >= 4 is 5.78 Å². The average molecular weight is 314 g/mol. The van der Waals surface area contributed by atoms with Crippen molar-refractivity contribution in [2.75, 3.05) is 0 Å². The summed E-state index contributed by atoms with van der Waals surface area (Å²) in [6, 6.07) is 0. The summed E-state index contributed by atoms with van der Waals surface area (Å²) in [5.41, 5.74) is 1.88. The van der Waals surface area contributed by atoms with Crippen molar-refractivity contribution in [1.29, 1.82) is 0 Å². The molecule has 0 bridgehead atoms. The smallest absolute Gasteiger partial charge is 0.274 e. The van der Waals surface area contributed by atoms with Gasteiger partial charge >= 0.3 is 7.21 Å². The third-order valence-corrected chi connectivity index (χ3v) is 2.68. The summed E-state index contributed by atoms with van der Waals surface area (Å²) in [7, 11) is 0. The fourth-order valence-electron chi connectivity index (χ4n) is 1.48. The van der Waals surface area contributed by atoms with E-state index in [-0.39, 0.29) is 0 Å². The number of rotatable bonds is 0. The maximum atomic E-state index is 7.04. The highest BCUT2D eigenvalue weighted by Gasteiger charge is 1.92. The zero-order valence-corrected chi connectivity index (χ0v) is 14.0. The van der Waals surface area contributed by atoms with E-state index >= 15 is 0 Å². The normalized spacial score (nSPS) is 28.2. The monoisotopic (exact) mass is 314 g/mol. The lowest BCUT2D eigenvalue weighted by Crippen LogP contribution is -1.83. The minimum absolute atomic E-state index is 0.449. The van der Waals surface area contributed by atoms with Crippen LogP contribution in [0.1, 0.15) is 15.3 Å². The van der Waals surface area contributed by atoms with Crippen LogP contribution in [0.2, 0.25) is 0 Å². The highest BCUT2D eigenvalue weighted by Crippen LogP contribution is 1.93. The highest BCUT2D eigenvalue weighted by molar-refractivity contribution is 6.00. The lowest BCUT2D eigenvalue weighted by atomic mass is 10.2. The van der Waals surface area contributed by atoms with Gasteiger partial charge in [0, 0.05) is 12.2 Å². The molecular weight excluding hydrogens is 292 g/mol. The molecule has 0 atom stereocenters. The van der Waals surface area contributed by atoms with Gasteiger partial charge in [0.15, 0.2) is 0 Å². The fourth-order valence-corrected chi connectivity index (χ4v) is 1.48. The van der Waals surface area contributed by atoms with Crippen molar-refractivity contribution in [1.82, 2.24) is 0 Å². The van der Waals surface area contributed by atoms with E-state index in [9.17, 15) is 0 Å². The number of carbonyl (C=O) groups excluding carboxylic acids is 1. The third kappa shape index (κ3) is 10.4. The summed E-state index contributed by atoms with van der Waals surface area (Å²) in [6.45, 7) is 3.88. The van der Waals surface area contributed by atoms with E-state index in [1.54, 1.807) is 12.2 Å². The molecule has 0 spiro atoms. The molecule has 0 aromatic heterocycles. The molecule has 1 rings (SSSR count). The van der Waals surface area contributed by atoms with Crippen molar-refractivity contribution in [3.8, 4) is 23.7 Å². The second-order valence-corrected chi connectivity index (χ2v) is 4.86. The second-order valence-electron chi connectivity index (χ2n) is 4.86. The predicted molar refractivity (Wildman–Crippen MR) is 105 cm³/mol. The molecule has 0 radical (unpaired) electrons.